The monoisotopic (exact) mass is 314 g/mol. The van der Waals surface area contributed by atoms with Crippen molar-refractivity contribution in [1.29, 1.82) is 0 Å². The molecular formula is C19H22O4. The Morgan fingerprint density at radius 2 is 1.52 bits per heavy atom. The molecule has 4 heteroatoms. The average Bonchev–Trinajstić information content (AvgIpc) is 2.58. The number of hydrogen-bond acceptors (Lipinski definition) is 3. The molecule has 1 N–H and O–H groups in total. The highest BCUT2D eigenvalue weighted by molar-refractivity contribution is 5.67. The highest BCUT2D eigenvalue weighted by atomic mass is 16.5. The van der Waals surface area contributed by atoms with E-state index >= 15 is 0 Å². The molecule has 122 valence electrons. The first-order valence-electron chi connectivity index (χ1n) is 7.86. The van der Waals surface area contributed by atoms with Crippen LogP contribution in [0.15, 0.2) is 54.6 Å². The highest BCUT2D eigenvalue weighted by Crippen LogP contribution is 2.20. The molecule has 2 rings (SSSR count). The van der Waals surface area contributed by atoms with Gasteiger partial charge in [-0.2, -0.15) is 0 Å². The van der Waals surface area contributed by atoms with Gasteiger partial charge >= 0.3 is 5.97 Å². The third kappa shape index (κ3) is 6.43. The lowest BCUT2D eigenvalue weighted by Gasteiger charge is -2.11. The van der Waals surface area contributed by atoms with Gasteiger partial charge in [0.15, 0.2) is 0 Å². The van der Waals surface area contributed by atoms with E-state index in [4.69, 9.17) is 14.6 Å². The summed E-state index contributed by atoms with van der Waals surface area (Å²) in [5.41, 5.74) is 0.940. The van der Waals surface area contributed by atoms with Crippen LogP contribution in [0.4, 0.5) is 0 Å². The van der Waals surface area contributed by atoms with Gasteiger partial charge in [-0.3, -0.25) is 4.79 Å². The molecular weight excluding hydrogens is 292 g/mol. The Morgan fingerprint density at radius 3 is 2.26 bits per heavy atom. The fourth-order valence-electron chi connectivity index (χ4n) is 2.19. The normalized spacial score (nSPS) is 10.3. The summed E-state index contributed by atoms with van der Waals surface area (Å²) >= 11 is 0. The second-order valence-electron chi connectivity index (χ2n) is 5.22. The lowest BCUT2D eigenvalue weighted by atomic mass is 10.1. The number of unbranched alkanes of at least 4 members (excludes halogenated alkanes) is 1. The van der Waals surface area contributed by atoms with Gasteiger partial charge in [0, 0.05) is 6.42 Å². The minimum atomic E-state index is -0.794. The van der Waals surface area contributed by atoms with Crippen LogP contribution in [0.3, 0.4) is 0 Å². The van der Waals surface area contributed by atoms with Crippen molar-refractivity contribution in [2.45, 2.75) is 25.7 Å². The summed E-state index contributed by atoms with van der Waals surface area (Å²) in [4.78, 5) is 10.7. The Labute approximate surface area is 136 Å². The zero-order valence-corrected chi connectivity index (χ0v) is 13.1. The number of carboxylic acid groups (broad SMARTS) is 1. The number of carboxylic acids is 1. The molecule has 4 nitrogen and oxygen atoms in total. The number of ether oxygens (including phenoxy) is 2. The molecule has 2 aromatic rings. The molecule has 0 aromatic heterocycles. The van der Waals surface area contributed by atoms with Crippen LogP contribution in [0.25, 0.3) is 0 Å². The van der Waals surface area contributed by atoms with Crippen molar-refractivity contribution in [3.8, 4) is 11.5 Å². The molecule has 0 unspecified atom stereocenters. The van der Waals surface area contributed by atoms with Crippen LogP contribution >= 0.6 is 0 Å². The Hall–Kier alpha value is -2.49. The number of benzene rings is 2. The van der Waals surface area contributed by atoms with Crippen molar-refractivity contribution in [3.63, 3.8) is 0 Å². The number of hydrogen-bond donors (Lipinski definition) is 1. The molecule has 0 saturated heterocycles. The van der Waals surface area contributed by atoms with Gasteiger partial charge < -0.3 is 14.6 Å². The van der Waals surface area contributed by atoms with Crippen molar-refractivity contribution in [2.24, 2.45) is 0 Å². The SMILES string of the molecule is O=C(O)CCc1ccccc1OCCCCOc1ccccc1. The van der Waals surface area contributed by atoms with E-state index in [2.05, 4.69) is 0 Å². The van der Waals surface area contributed by atoms with Crippen LogP contribution in [0.2, 0.25) is 0 Å². The molecule has 0 fully saturated rings. The van der Waals surface area contributed by atoms with Crippen LogP contribution in [-0.2, 0) is 11.2 Å². The standard InChI is InChI=1S/C19H22O4/c20-19(21)13-12-16-8-4-5-11-18(16)23-15-7-6-14-22-17-9-2-1-3-10-17/h1-5,8-11H,6-7,12-15H2,(H,20,21). The summed E-state index contributed by atoms with van der Waals surface area (Å²) in [5.74, 6) is 0.864. The van der Waals surface area contributed by atoms with Crippen LogP contribution in [-0.4, -0.2) is 24.3 Å². The zero-order valence-electron chi connectivity index (χ0n) is 13.1. The van der Waals surface area contributed by atoms with Crippen molar-refractivity contribution in [3.05, 3.63) is 60.2 Å². The molecule has 23 heavy (non-hydrogen) atoms. The van der Waals surface area contributed by atoms with Crippen molar-refractivity contribution in [2.75, 3.05) is 13.2 Å². The van der Waals surface area contributed by atoms with Gasteiger partial charge in [-0.05, 0) is 43.0 Å². The van der Waals surface area contributed by atoms with Gasteiger partial charge in [0.2, 0.25) is 0 Å². The quantitative estimate of drug-likeness (QED) is 0.675. The summed E-state index contributed by atoms with van der Waals surface area (Å²) in [6, 6.07) is 17.3. The molecule has 0 atom stereocenters. The van der Waals surface area contributed by atoms with E-state index in [1.807, 2.05) is 54.6 Å². The Morgan fingerprint density at radius 1 is 0.870 bits per heavy atom. The molecule has 0 aliphatic carbocycles. The molecule has 0 heterocycles. The molecule has 0 aliphatic rings. The first-order valence-corrected chi connectivity index (χ1v) is 7.86. The lowest BCUT2D eigenvalue weighted by Crippen LogP contribution is -2.05. The molecule has 0 bridgehead atoms. The van der Waals surface area contributed by atoms with Gasteiger partial charge in [-0.15, -0.1) is 0 Å². The van der Waals surface area contributed by atoms with E-state index in [-0.39, 0.29) is 6.42 Å². The summed E-state index contributed by atoms with van der Waals surface area (Å²) in [6.07, 6.45) is 2.40. The van der Waals surface area contributed by atoms with Crippen LogP contribution in [0, 0.1) is 0 Å². The number of rotatable bonds is 10. The van der Waals surface area contributed by atoms with E-state index in [9.17, 15) is 4.79 Å². The minimum absolute atomic E-state index is 0.116. The first-order chi connectivity index (χ1) is 11.3. The molecule has 2 aromatic carbocycles. The number of aliphatic carboxylic acids is 1. The fourth-order valence-corrected chi connectivity index (χ4v) is 2.19. The Bertz CT molecular complexity index is 595. The van der Waals surface area contributed by atoms with E-state index in [1.54, 1.807) is 0 Å². The predicted octanol–water partition coefficient (Wildman–Crippen LogP) is 3.94. The van der Waals surface area contributed by atoms with Crippen LogP contribution in [0.1, 0.15) is 24.8 Å². The third-order valence-electron chi connectivity index (χ3n) is 3.39. The van der Waals surface area contributed by atoms with Crippen LogP contribution in [0.5, 0.6) is 11.5 Å². The summed E-state index contributed by atoms with van der Waals surface area (Å²) in [7, 11) is 0. The Kier molecular flexibility index (Phi) is 6.98. The second kappa shape index (κ2) is 9.51. The molecule has 0 amide bonds. The van der Waals surface area contributed by atoms with E-state index in [1.165, 1.54) is 0 Å². The van der Waals surface area contributed by atoms with Crippen molar-refractivity contribution in [1.82, 2.24) is 0 Å². The van der Waals surface area contributed by atoms with Crippen molar-refractivity contribution >= 4 is 5.97 Å². The number of carbonyl (C=O) groups is 1. The molecule has 0 radical (unpaired) electrons. The number of para-hydroxylation sites is 2. The zero-order chi connectivity index (χ0) is 16.3. The molecule has 0 spiro atoms. The maximum atomic E-state index is 10.7. The van der Waals surface area contributed by atoms with Crippen LogP contribution < -0.4 is 9.47 Å². The predicted molar refractivity (Wildman–Crippen MR) is 89.1 cm³/mol. The number of aryl methyl sites for hydroxylation is 1. The summed E-state index contributed by atoms with van der Waals surface area (Å²) in [6.45, 7) is 1.26. The average molecular weight is 314 g/mol. The molecule has 0 aliphatic heterocycles. The lowest BCUT2D eigenvalue weighted by molar-refractivity contribution is -0.136. The summed E-state index contributed by atoms with van der Waals surface area (Å²) < 4.78 is 11.4. The van der Waals surface area contributed by atoms with Crippen molar-refractivity contribution < 1.29 is 19.4 Å². The molecule has 0 saturated carbocycles. The van der Waals surface area contributed by atoms with E-state index in [0.717, 1.165) is 29.9 Å². The fraction of sp³-hybridized carbons (Fsp3) is 0.316. The third-order valence-corrected chi connectivity index (χ3v) is 3.39. The van der Waals surface area contributed by atoms with Gasteiger partial charge in [-0.1, -0.05) is 36.4 Å². The van der Waals surface area contributed by atoms with Gasteiger partial charge in [0.25, 0.3) is 0 Å². The smallest absolute Gasteiger partial charge is 0.303 e. The van der Waals surface area contributed by atoms with Gasteiger partial charge in [-0.25, -0.2) is 0 Å². The second-order valence-corrected chi connectivity index (χ2v) is 5.22. The highest BCUT2D eigenvalue weighted by Gasteiger charge is 2.05. The van der Waals surface area contributed by atoms with E-state index < -0.39 is 5.97 Å². The first kappa shape index (κ1) is 16.9. The van der Waals surface area contributed by atoms with E-state index in [0.29, 0.717) is 19.6 Å². The maximum absolute atomic E-state index is 10.7. The largest absolute Gasteiger partial charge is 0.494 e. The minimum Gasteiger partial charge on any atom is -0.494 e. The maximum Gasteiger partial charge on any atom is 0.303 e. The Balaban J connectivity index is 1.67. The summed E-state index contributed by atoms with van der Waals surface area (Å²) in [5, 5.41) is 8.78. The van der Waals surface area contributed by atoms with Gasteiger partial charge in [0.05, 0.1) is 13.2 Å². The topological polar surface area (TPSA) is 55.8 Å². The van der Waals surface area contributed by atoms with Gasteiger partial charge in [0.1, 0.15) is 11.5 Å².